The van der Waals surface area contributed by atoms with E-state index in [1.54, 1.807) is 24.3 Å². The number of β-lactam (4-membered cyclic amide) rings is 1. The summed E-state index contributed by atoms with van der Waals surface area (Å²) in [5.41, 5.74) is 0.713. The zero-order valence-electron chi connectivity index (χ0n) is 22.7. The largest absolute Gasteiger partial charge is 0.508 e. The molecular weight excluding hydrogens is 631 g/mol. The number of carboxylic acids is 1. The number of aromatic amines is 1. The van der Waals surface area contributed by atoms with Crippen molar-refractivity contribution in [2.45, 2.75) is 28.7 Å². The van der Waals surface area contributed by atoms with Gasteiger partial charge in [0.1, 0.15) is 33.9 Å². The van der Waals surface area contributed by atoms with E-state index in [1.165, 1.54) is 64.0 Å². The van der Waals surface area contributed by atoms with E-state index in [0.29, 0.717) is 32.5 Å². The number of imidazole rings is 1. The van der Waals surface area contributed by atoms with Gasteiger partial charge in [-0.15, -0.1) is 22.0 Å². The maximum Gasteiger partial charge on any atom is 0.352 e. The van der Waals surface area contributed by atoms with Crippen LogP contribution in [0, 0.1) is 6.92 Å². The highest BCUT2D eigenvalue weighted by Gasteiger charge is 2.54. The fraction of sp³-hybridized carbons (Fsp3) is 0.222. The molecule has 1 saturated heterocycles. The number of nitrogens with one attached hydrogen (secondary N) is 3. The normalized spacial score (nSPS) is 18.5. The van der Waals surface area contributed by atoms with E-state index in [9.17, 15) is 34.2 Å². The standard InChI is InChI=1S/C27H23N7O7S3/c1-12-31-32-27(44-12)43-11-14-10-42-23-19(22(37)34(23)20(14)24(38)39)29-21(36)18(13-6-8-15(35)9-7-13)30-26(41)33-17-5-3-2-4-16(17)28-25(33)40/h2-9,18-19,23,35H,10-11H2,1H3,(H,28,40)(H,29,36)(H,30,41)(H,38,39)/t18?,19?,23-/m1/s1. The van der Waals surface area contributed by atoms with Gasteiger partial charge in [-0.3, -0.25) is 14.5 Å². The van der Waals surface area contributed by atoms with E-state index in [0.717, 1.165) is 9.57 Å². The molecule has 4 heterocycles. The molecule has 0 spiro atoms. The molecule has 44 heavy (non-hydrogen) atoms. The number of hydrogen-bond acceptors (Lipinski definition) is 11. The molecule has 0 bridgehead atoms. The van der Waals surface area contributed by atoms with E-state index in [1.807, 2.05) is 6.92 Å². The van der Waals surface area contributed by atoms with Gasteiger partial charge in [-0.25, -0.2) is 19.0 Å². The van der Waals surface area contributed by atoms with Crippen molar-refractivity contribution in [3.8, 4) is 5.75 Å². The molecule has 2 aromatic heterocycles. The summed E-state index contributed by atoms with van der Waals surface area (Å²) in [5.74, 6) is -2.07. The number of carbonyl (C=O) groups is 4. The van der Waals surface area contributed by atoms with Crippen molar-refractivity contribution in [2.24, 2.45) is 0 Å². The first kappa shape index (κ1) is 29.5. The number of hydrogen-bond donors (Lipinski definition) is 5. The van der Waals surface area contributed by atoms with E-state index in [-0.39, 0.29) is 17.0 Å². The Morgan fingerprint density at radius 1 is 1.14 bits per heavy atom. The first-order chi connectivity index (χ1) is 21.1. The van der Waals surface area contributed by atoms with E-state index in [2.05, 4.69) is 25.8 Å². The van der Waals surface area contributed by atoms with E-state index < -0.39 is 47.0 Å². The van der Waals surface area contributed by atoms with Crippen molar-refractivity contribution in [1.29, 1.82) is 0 Å². The molecule has 2 unspecified atom stereocenters. The average molecular weight is 654 g/mol. The van der Waals surface area contributed by atoms with Crippen molar-refractivity contribution in [2.75, 3.05) is 11.5 Å². The third-order valence-electron chi connectivity index (χ3n) is 6.97. The molecule has 3 atom stereocenters. The van der Waals surface area contributed by atoms with Crippen LogP contribution in [0.2, 0.25) is 0 Å². The summed E-state index contributed by atoms with van der Waals surface area (Å²) >= 11 is 4.04. The number of nitrogens with zero attached hydrogens (tertiary/aromatic N) is 4. The Balaban J connectivity index is 1.22. The maximum absolute atomic E-state index is 13.6. The lowest BCUT2D eigenvalue weighted by atomic mass is 10.0. The van der Waals surface area contributed by atoms with Gasteiger partial charge in [-0.2, -0.15) is 0 Å². The number of aromatic nitrogens is 4. The number of fused-ring (bicyclic) bond motifs is 2. The molecule has 226 valence electrons. The number of rotatable bonds is 8. The van der Waals surface area contributed by atoms with Gasteiger partial charge in [-0.1, -0.05) is 47.4 Å². The number of benzene rings is 2. The fourth-order valence-corrected chi connectivity index (χ4v) is 8.23. The van der Waals surface area contributed by atoms with Gasteiger partial charge in [0.2, 0.25) is 5.91 Å². The van der Waals surface area contributed by atoms with Crippen molar-refractivity contribution >= 4 is 69.7 Å². The highest BCUT2D eigenvalue weighted by Crippen LogP contribution is 2.42. The molecule has 1 fully saturated rings. The number of aromatic hydroxyl groups is 1. The monoisotopic (exact) mass is 653 g/mol. The molecule has 0 aliphatic carbocycles. The number of thioether (sulfide) groups is 2. The van der Waals surface area contributed by atoms with Crippen LogP contribution in [0.5, 0.6) is 5.75 Å². The Bertz CT molecular complexity index is 1900. The predicted molar refractivity (Wildman–Crippen MR) is 162 cm³/mol. The minimum Gasteiger partial charge on any atom is -0.508 e. The minimum absolute atomic E-state index is 0.0706. The number of para-hydroxylation sites is 2. The highest BCUT2D eigenvalue weighted by molar-refractivity contribution is 8.01. The molecule has 4 aromatic rings. The minimum atomic E-state index is -1.36. The Morgan fingerprint density at radius 2 is 1.89 bits per heavy atom. The highest BCUT2D eigenvalue weighted by atomic mass is 32.2. The average Bonchev–Trinajstić information content (AvgIpc) is 3.58. The Kier molecular flexibility index (Phi) is 7.91. The second-order valence-corrected chi connectivity index (χ2v) is 13.3. The maximum atomic E-state index is 13.6. The lowest BCUT2D eigenvalue weighted by molar-refractivity contribution is -0.151. The van der Waals surface area contributed by atoms with Gasteiger partial charge in [0, 0.05) is 11.5 Å². The molecule has 2 aliphatic rings. The predicted octanol–water partition coefficient (Wildman–Crippen LogP) is 2.03. The number of carboxylic acid groups (broad SMARTS) is 1. The van der Waals surface area contributed by atoms with Crippen LogP contribution in [0.3, 0.4) is 0 Å². The summed E-state index contributed by atoms with van der Waals surface area (Å²) in [4.78, 5) is 68.8. The molecule has 0 saturated carbocycles. The number of amides is 3. The fourth-order valence-electron chi connectivity index (χ4n) is 4.93. The third kappa shape index (κ3) is 5.44. The molecule has 6 rings (SSSR count). The molecule has 3 amide bonds. The molecule has 5 N–H and O–H groups in total. The summed E-state index contributed by atoms with van der Waals surface area (Å²) in [7, 11) is 0. The van der Waals surface area contributed by atoms with Crippen LogP contribution in [0.1, 0.15) is 16.6 Å². The summed E-state index contributed by atoms with van der Waals surface area (Å²) in [6.07, 6.45) is 0. The van der Waals surface area contributed by atoms with Crippen molar-refractivity contribution < 1.29 is 29.4 Å². The topological polar surface area (TPSA) is 200 Å². The molecular formula is C27H23N7O7S3. The number of carbonyl (C=O) groups excluding carboxylic acids is 3. The third-order valence-corrected chi connectivity index (χ3v) is 10.4. The number of H-pyrrole nitrogens is 1. The van der Waals surface area contributed by atoms with Gasteiger partial charge in [0.05, 0.1) is 11.0 Å². The number of phenols is 1. The van der Waals surface area contributed by atoms with E-state index in [4.69, 9.17) is 0 Å². The Labute approximate surface area is 260 Å². The quantitative estimate of drug-likeness (QED) is 0.138. The van der Waals surface area contributed by atoms with Crippen LogP contribution in [0.4, 0.5) is 4.79 Å². The Morgan fingerprint density at radius 3 is 2.59 bits per heavy atom. The van der Waals surface area contributed by atoms with Crippen LogP contribution in [-0.4, -0.2) is 81.6 Å². The summed E-state index contributed by atoms with van der Waals surface area (Å²) in [5, 5.41) is 33.1. The number of aliphatic carboxylic acids is 1. The lowest BCUT2D eigenvalue weighted by Crippen LogP contribution is -2.71. The molecule has 0 radical (unpaired) electrons. The van der Waals surface area contributed by atoms with Crippen LogP contribution in [0.25, 0.3) is 11.0 Å². The lowest BCUT2D eigenvalue weighted by Gasteiger charge is -2.49. The van der Waals surface area contributed by atoms with Crippen LogP contribution >= 0.6 is 34.9 Å². The summed E-state index contributed by atoms with van der Waals surface area (Å²) < 4.78 is 1.54. The van der Waals surface area contributed by atoms with Gasteiger partial charge >= 0.3 is 17.7 Å². The summed E-state index contributed by atoms with van der Waals surface area (Å²) in [6.45, 7) is 1.82. The SMILES string of the molecule is Cc1nnc(SCC2=C(C(=O)O)N3C(=O)C(NC(=O)C(NC(=O)n4c(=O)[nH]c5ccccc54)c4ccc(O)cc4)[C@H]3SC2)s1. The number of phenolic OH excluding ortho intramolecular Hbond substituents is 1. The molecule has 17 heteroatoms. The first-order valence-electron chi connectivity index (χ1n) is 13.0. The second-order valence-electron chi connectivity index (χ2n) is 9.79. The van der Waals surface area contributed by atoms with Gasteiger partial charge in [0.15, 0.2) is 4.34 Å². The summed E-state index contributed by atoms with van der Waals surface area (Å²) in [6, 6.07) is 8.75. The molecule has 2 aliphatic heterocycles. The second kappa shape index (κ2) is 11.8. The van der Waals surface area contributed by atoms with Crippen molar-refractivity contribution in [1.82, 2.24) is 35.3 Å². The zero-order valence-corrected chi connectivity index (χ0v) is 25.2. The first-order valence-corrected chi connectivity index (χ1v) is 15.9. The van der Waals surface area contributed by atoms with Gasteiger partial charge in [-0.05, 0) is 42.3 Å². The molecule has 2 aromatic carbocycles. The smallest absolute Gasteiger partial charge is 0.352 e. The van der Waals surface area contributed by atoms with E-state index >= 15 is 0 Å². The van der Waals surface area contributed by atoms with Crippen LogP contribution in [-0.2, 0) is 14.4 Å². The van der Waals surface area contributed by atoms with Crippen molar-refractivity contribution in [3.63, 3.8) is 0 Å². The number of aryl methyl sites for hydroxylation is 1. The van der Waals surface area contributed by atoms with Gasteiger partial charge in [0.25, 0.3) is 5.91 Å². The molecule has 14 nitrogen and oxygen atoms in total. The Hall–Kier alpha value is -4.61. The van der Waals surface area contributed by atoms with Gasteiger partial charge < -0.3 is 25.8 Å². The van der Waals surface area contributed by atoms with Crippen molar-refractivity contribution in [3.05, 3.63) is 80.9 Å². The van der Waals surface area contributed by atoms with Crippen LogP contribution in [0.15, 0.2) is 68.9 Å². The zero-order chi connectivity index (χ0) is 31.1. The van der Waals surface area contributed by atoms with Crippen LogP contribution < -0.4 is 16.3 Å².